The van der Waals surface area contributed by atoms with E-state index in [9.17, 15) is 4.79 Å². The molecule has 17 heavy (non-hydrogen) atoms. The average molecular weight is 225 g/mol. The highest BCUT2D eigenvalue weighted by Gasteiger charge is 2.10. The summed E-state index contributed by atoms with van der Waals surface area (Å²) < 4.78 is 1.45. The van der Waals surface area contributed by atoms with E-state index in [4.69, 9.17) is 0 Å². The Morgan fingerprint density at radius 2 is 2.00 bits per heavy atom. The van der Waals surface area contributed by atoms with E-state index in [0.717, 1.165) is 11.1 Å². The van der Waals surface area contributed by atoms with Crippen LogP contribution in [-0.2, 0) is 0 Å². The van der Waals surface area contributed by atoms with Crippen molar-refractivity contribution in [2.75, 3.05) is 0 Å². The first-order chi connectivity index (χ1) is 8.27. The van der Waals surface area contributed by atoms with E-state index in [0.29, 0.717) is 11.2 Å². The van der Waals surface area contributed by atoms with Crippen LogP contribution in [0.3, 0.4) is 0 Å². The Labute approximate surface area is 97.5 Å². The minimum absolute atomic E-state index is 0.0660. The molecule has 84 valence electrons. The number of nitrogens with zero attached hydrogens (tertiary/aromatic N) is 2. The maximum Gasteiger partial charge on any atom is 0.279 e. The molecule has 1 aromatic carbocycles. The fraction of sp³-hybridized carbons (Fsp3) is 0.0769. The van der Waals surface area contributed by atoms with Gasteiger partial charge in [0.25, 0.3) is 5.56 Å². The summed E-state index contributed by atoms with van der Waals surface area (Å²) in [5.74, 6) is 0. The van der Waals surface area contributed by atoms with Gasteiger partial charge in [-0.15, -0.1) is 0 Å². The molecule has 1 N–H and O–H groups in total. The molecule has 0 bridgehead atoms. The Hall–Kier alpha value is -2.36. The van der Waals surface area contributed by atoms with Crippen LogP contribution in [0.25, 0.3) is 16.8 Å². The third kappa shape index (κ3) is 1.45. The van der Waals surface area contributed by atoms with Crippen molar-refractivity contribution in [1.29, 1.82) is 0 Å². The molecule has 0 saturated carbocycles. The van der Waals surface area contributed by atoms with Crippen LogP contribution >= 0.6 is 0 Å². The van der Waals surface area contributed by atoms with Crippen LogP contribution < -0.4 is 5.56 Å². The Balaban J connectivity index is 2.40. The first-order valence-corrected chi connectivity index (χ1v) is 5.38. The molecular formula is C13H11N3O. The van der Waals surface area contributed by atoms with Crippen molar-refractivity contribution in [2.45, 2.75) is 6.92 Å². The summed E-state index contributed by atoms with van der Waals surface area (Å²) >= 11 is 0. The smallest absolute Gasteiger partial charge is 0.279 e. The van der Waals surface area contributed by atoms with Crippen molar-refractivity contribution >= 4 is 5.65 Å². The third-order valence-corrected chi connectivity index (χ3v) is 2.83. The molecule has 0 aliphatic heterocycles. The largest absolute Gasteiger partial charge is 0.279 e. The molecule has 4 nitrogen and oxygen atoms in total. The number of aromatic amines is 1. The number of aromatic nitrogens is 3. The lowest BCUT2D eigenvalue weighted by Gasteiger charge is -2.05. The standard InChI is InChI=1S/C13H11N3O/c1-9-7-11-14-8-15-16(11)13(17)12(9)10-5-3-2-4-6-10/h2-8H,1H3,(H,14,15). The first-order valence-electron chi connectivity index (χ1n) is 5.38. The van der Waals surface area contributed by atoms with E-state index < -0.39 is 0 Å². The molecule has 0 aliphatic carbocycles. The number of benzene rings is 1. The summed E-state index contributed by atoms with van der Waals surface area (Å²) in [5, 5.41) is 2.82. The summed E-state index contributed by atoms with van der Waals surface area (Å²) in [4.78, 5) is 16.4. The number of aryl methyl sites for hydroxylation is 1. The Morgan fingerprint density at radius 1 is 1.24 bits per heavy atom. The fourth-order valence-electron chi connectivity index (χ4n) is 2.04. The number of nitrogens with one attached hydrogen (secondary N) is 1. The molecule has 3 rings (SSSR count). The van der Waals surface area contributed by atoms with E-state index in [-0.39, 0.29) is 5.56 Å². The van der Waals surface area contributed by atoms with Gasteiger partial charge in [-0.3, -0.25) is 9.89 Å². The Bertz CT molecular complexity index is 725. The first kappa shape index (κ1) is 9.84. The molecule has 0 amide bonds. The number of H-pyrrole nitrogens is 1. The van der Waals surface area contributed by atoms with E-state index in [1.54, 1.807) is 0 Å². The van der Waals surface area contributed by atoms with Crippen LogP contribution in [0.2, 0.25) is 0 Å². The lowest BCUT2D eigenvalue weighted by atomic mass is 10.0. The zero-order valence-corrected chi connectivity index (χ0v) is 9.34. The quantitative estimate of drug-likeness (QED) is 0.688. The molecular weight excluding hydrogens is 214 g/mol. The molecule has 2 heterocycles. The van der Waals surface area contributed by atoms with Gasteiger partial charge in [0.15, 0.2) is 5.65 Å². The third-order valence-electron chi connectivity index (χ3n) is 2.83. The Kier molecular flexibility index (Phi) is 2.08. The molecule has 0 spiro atoms. The molecule has 2 aromatic heterocycles. The topological polar surface area (TPSA) is 50.2 Å². The van der Waals surface area contributed by atoms with Gasteiger partial charge in [-0.05, 0) is 24.1 Å². The van der Waals surface area contributed by atoms with E-state index in [1.807, 2.05) is 43.3 Å². The Morgan fingerprint density at radius 3 is 2.76 bits per heavy atom. The van der Waals surface area contributed by atoms with E-state index in [1.165, 1.54) is 10.8 Å². The number of fused-ring (bicyclic) bond motifs is 1. The minimum atomic E-state index is -0.0660. The van der Waals surface area contributed by atoms with Crippen LogP contribution in [0.15, 0.2) is 47.5 Å². The lowest BCUT2D eigenvalue weighted by molar-refractivity contribution is 0.919. The van der Waals surface area contributed by atoms with Gasteiger partial charge in [-0.1, -0.05) is 30.3 Å². The highest BCUT2D eigenvalue weighted by atomic mass is 16.1. The van der Waals surface area contributed by atoms with Crippen molar-refractivity contribution in [3.05, 3.63) is 58.6 Å². The lowest BCUT2D eigenvalue weighted by Crippen LogP contribution is -2.17. The molecule has 0 unspecified atom stereocenters. The van der Waals surface area contributed by atoms with Crippen molar-refractivity contribution in [3.8, 4) is 11.1 Å². The fourth-order valence-corrected chi connectivity index (χ4v) is 2.04. The van der Waals surface area contributed by atoms with E-state index in [2.05, 4.69) is 10.1 Å². The summed E-state index contributed by atoms with van der Waals surface area (Å²) in [6, 6.07) is 11.6. The predicted molar refractivity (Wildman–Crippen MR) is 66.0 cm³/mol. The molecule has 0 radical (unpaired) electrons. The number of hydrogen-bond donors (Lipinski definition) is 1. The van der Waals surface area contributed by atoms with Gasteiger partial charge in [0, 0.05) is 0 Å². The van der Waals surface area contributed by atoms with E-state index >= 15 is 0 Å². The summed E-state index contributed by atoms with van der Waals surface area (Å²) in [5.41, 5.74) is 3.16. The molecule has 0 saturated heterocycles. The van der Waals surface area contributed by atoms with Gasteiger partial charge in [0.2, 0.25) is 0 Å². The zero-order chi connectivity index (χ0) is 11.8. The van der Waals surface area contributed by atoms with Crippen LogP contribution in [0.4, 0.5) is 0 Å². The summed E-state index contributed by atoms with van der Waals surface area (Å²) in [7, 11) is 0. The SMILES string of the molecule is Cc1cc2nc[nH]n2c(=O)c1-c1ccccc1. The normalized spacial score (nSPS) is 10.9. The van der Waals surface area contributed by atoms with Crippen molar-refractivity contribution in [1.82, 2.24) is 14.6 Å². The minimum Gasteiger partial charge on any atom is -0.279 e. The predicted octanol–water partition coefficient (Wildman–Crippen LogP) is 2.00. The van der Waals surface area contributed by atoms with Crippen molar-refractivity contribution < 1.29 is 0 Å². The maximum atomic E-state index is 12.3. The van der Waals surface area contributed by atoms with Gasteiger partial charge >= 0.3 is 0 Å². The molecule has 0 aliphatic rings. The van der Waals surface area contributed by atoms with Gasteiger partial charge in [-0.2, -0.15) is 4.52 Å². The maximum absolute atomic E-state index is 12.3. The second kappa shape index (κ2) is 3.59. The monoisotopic (exact) mass is 225 g/mol. The summed E-state index contributed by atoms with van der Waals surface area (Å²) in [6.07, 6.45) is 1.52. The number of rotatable bonds is 1. The second-order valence-corrected chi connectivity index (χ2v) is 3.95. The molecule has 0 fully saturated rings. The highest BCUT2D eigenvalue weighted by Crippen LogP contribution is 2.19. The highest BCUT2D eigenvalue weighted by molar-refractivity contribution is 5.68. The average Bonchev–Trinajstić information content (AvgIpc) is 2.78. The molecule has 4 heteroatoms. The number of hydrogen-bond acceptors (Lipinski definition) is 2. The van der Waals surface area contributed by atoms with Gasteiger partial charge in [-0.25, -0.2) is 4.98 Å². The van der Waals surface area contributed by atoms with Gasteiger partial charge < -0.3 is 0 Å². The molecule has 0 atom stereocenters. The van der Waals surface area contributed by atoms with Gasteiger partial charge in [0.05, 0.1) is 5.56 Å². The van der Waals surface area contributed by atoms with Crippen molar-refractivity contribution in [3.63, 3.8) is 0 Å². The number of pyridine rings is 1. The molecule has 3 aromatic rings. The van der Waals surface area contributed by atoms with Crippen molar-refractivity contribution in [2.24, 2.45) is 0 Å². The van der Waals surface area contributed by atoms with Gasteiger partial charge in [0.1, 0.15) is 6.33 Å². The summed E-state index contributed by atoms with van der Waals surface area (Å²) in [6.45, 7) is 1.93. The second-order valence-electron chi connectivity index (χ2n) is 3.95. The van der Waals surface area contributed by atoms with Crippen LogP contribution in [0.5, 0.6) is 0 Å². The zero-order valence-electron chi connectivity index (χ0n) is 9.34. The van der Waals surface area contributed by atoms with Crippen LogP contribution in [-0.4, -0.2) is 14.6 Å². The van der Waals surface area contributed by atoms with Crippen LogP contribution in [0.1, 0.15) is 5.56 Å². The van der Waals surface area contributed by atoms with Crippen LogP contribution in [0, 0.1) is 6.92 Å².